The largest absolute Gasteiger partial charge is 0.337 e. The van der Waals surface area contributed by atoms with E-state index >= 15 is 0 Å². The fourth-order valence-electron chi connectivity index (χ4n) is 1.85. The summed E-state index contributed by atoms with van der Waals surface area (Å²) in [5, 5.41) is 0. The van der Waals surface area contributed by atoms with E-state index in [2.05, 4.69) is 18.8 Å². The van der Waals surface area contributed by atoms with Crippen LogP contribution in [-0.4, -0.2) is 9.55 Å². The van der Waals surface area contributed by atoms with Gasteiger partial charge in [-0.15, -0.1) is 0 Å². The van der Waals surface area contributed by atoms with Gasteiger partial charge in [0, 0.05) is 17.5 Å². The van der Waals surface area contributed by atoms with Crippen molar-refractivity contribution in [1.29, 1.82) is 0 Å². The van der Waals surface area contributed by atoms with Crippen LogP contribution in [0.4, 0.5) is 4.39 Å². The second kappa shape index (κ2) is 4.84. The molecule has 0 spiro atoms. The van der Waals surface area contributed by atoms with Crippen molar-refractivity contribution in [2.75, 3.05) is 0 Å². The van der Waals surface area contributed by atoms with Gasteiger partial charge in [-0.3, -0.25) is 0 Å². The normalized spacial score (nSPS) is 11.1. The minimum Gasteiger partial charge on any atom is -0.337 e. The molecule has 2 rings (SSSR count). The van der Waals surface area contributed by atoms with E-state index in [1.807, 2.05) is 16.8 Å². The Hall–Kier alpha value is -1.42. The molecule has 1 N–H and O–H groups in total. The van der Waals surface area contributed by atoms with Crippen LogP contribution in [0.2, 0.25) is 0 Å². The van der Waals surface area contributed by atoms with Crippen molar-refractivity contribution in [1.82, 2.24) is 9.55 Å². The number of nitrogens with zero attached hydrogens (tertiary/aromatic N) is 1. The van der Waals surface area contributed by atoms with E-state index < -0.39 is 0 Å². The summed E-state index contributed by atoms with van der Waals surface area (Å²) in [6, 6.07) is 6.79. The minimum absolute atomic E-state index is 0.190. The van der Waals surface area contributed by atoms with Gasteiger partial charge in [0.15, 0.2) is 4.77 Å². The Bertz CT molecular complexity index is 569. The lowest BCUT2D eigenvalue weighted by atomic mass is 10.1. The van der Waals surface area contributed by atoms with Crippen molar-refractivity contribution >= 4 is 12.2 Å². The summed E-state index contributed by atoms with van der Waals surface area (Å²) < 4.78 is 16.2. The standard InChI is InChI=1S/C13H15FN2S/c1-9(2)12-7-15-13(17)16(12)8-10-5-3-4-6-11(10)14/h3-7,9H,8H2,1-2H3,(H,15,17). The van der Waals surface area contributed by atoms with Crippen molar-refractivity contribution in [3.05, 3.63) is 52.3 Å². The Morgan fingerprint density at radius 3 is 2.71 bits per heavy atom. The summed E-state index contributed by atoms with van der Waals surface area (Å²) >= 11 is 5.22. The molecule has 4 heteroatoms. The highest BCUT2D eigenvalue weighted by Gasteiger charge is 2.10. The molecule has 0 aliphatic carbocycles. The lowest BCUT2D eigenvalue weighted by Gasteiger charge is -2.11. The second-order valence-electron chi connectivity index (χ2n) is 4.35. The van der Waals surface area contributed by atoms with Crippen LogP contribution in [0.15, 0.2) is 30.5 Å². The maximum atomic E-state index is 13.6. The molecule has 1 aromatic carbocycles. The number of benzene rings is 1. The molecule has 90 valence electrons. The third-order valence-corrected chi connectivity index (χ3v) is 3.12. The predicted molar refractivity (Wildman–Crippen MR) is 69.2 cm³/mol. The third-order valence-electron chi connectivity index (χ3n) is 2.78. The highest BCUT2D eigenvalue weighted by atomic mass is 32.1. The summed E-state index contributed by atoms with van der Waals surface area (Å²) in [5.74, 6) is 0.167. The van der Waals surface area contributed by atoms with Gasteiger partial charge in [-0.1, -0.05) is 32.0 Å². The van der Waals surface area contributed by atoms with Crippen LogP contribution in [0.5, 0.6) is 0 Å². The number of H-pyrrole nitrogens is 1. The van der Waals surface area contributed by atoms with E-state index in [0.29, 0.717) is 22.8 Å². The molecule has 0 radical (unpaired) electrons. The topological polar surface area (TPSA) is 20.7 Å². The molecule has 0 saturated carbocycles. The summed E-state index contributed by atoms with van der Waals surface area (Å²) in [6.07, 6.45) is 1.90. The Labute approximate surface area is 105 Å². The van der Waals surface area contributed by atoms with E-state index in [4.69, 9.17) is 12.2 Å². The van der Waals surface area contributed by atoms with Crippen molar-refractivity contribution in [3.63, 3.8) is 0 Å². The fourth-order valence-corrected chi connectivity index (χ4v) is 2.08. The highest BCUT2D eigenvalue weighted by molar-refractivity contribution is 7.71. The van der Waals surface area contributed by atoms with Crippen molar-refractivity contribution < 1.29 is 4.39 Å². The van der Waals surface area contributed by atoms with E-state index in [9.17, 15) is 4.39 Å². The van der Waals surface area contributed by atoms with Crippen LogP contribution in [0.25, 0.3) is 0 Å². The molecular weight excluding hydrogens is 235 g/mol. The van der Waals surface area contributed by atoms with Crippen LogP contribution in [0.1, 0.15) is 31.0 Å². The first-order chi connectivity index (χ1) is 8.09. The van der Waals surface area contributed by atoms with Gasteiger partial charge in [0.05, 0.1) is 6.54 Å². The number of aromatic nitrogens is 2. The number of nitrogens with one attached hydrogen (secondary N) is 1. The molecule has 1 heterocycles. The van der Waals surface area contributed by atoms with Crippen LogP contribution in [-0.2, 0) is 6.54 Å². The number of rotatable bonds is 3. The van der Waals surface area contributed by atoms with Crippen molar-refractivity contribution in [2.45, 2.75) is 26.3 Å². The summed E-state index contributed by atoms with van der Waals surface area (Å²) in [7, 11) is 0. The van der Waals surface area contributed by atoms with Crippen molar-refractivity contribution in [3.8, 4) is 0 Å². The summed E-state index contributed by atoms with van der Waals surface area (Å²) in [4.78, 5) is 3.01. The van der Waals surface area contributed by atoms with Crippen LogP contribution in [0, 0.1) is 10.6 Å². The van der Waals surface area contributed by atoms with E-state index in [1.165, 1.54) is 6.07 Å². The molecule has 0 bridgehead atoms. The Balaban J connectivity index is 2.40. The zero-order valence-corrected chi connectivity index (χ0v) is 10.7. The van der Waals surface area contributed by atoms with Crippen LogP contribution >= 0.6 is 12.2 Å². The molecule has 0 fully saturated rings. The minimum atomic E-state index is -0.190. The molecule has 0 aliphatic rings. The molecule has 0 amide bonds. The SMILES string of the molecule is CC(C)c1c[nH]c(=S)n1Cc1ccccc1F. The number of imidazole rings is 1. The zero-order valence-electron chi connectivity index (χ0n) is 9.90. The van der Waals surface area contributed by atoms with E-state index in [1.54, 1.807) is 12.1 Å². The number of aromatic amines is 1. The average Bonchev–Trinajstić information content (AvgIpc) is 2.64. The van der Waals surface area contributed by atoms with Gasteiger partial charge in [0.25, 0.3) is 0 Å². The first kappa shape index (κ1) is 12.0. The predicted octanol–water partition coefficient (Wildman–Crippen LogP) is 3.86. The number of hydrogen-bond donors (Lipinski definition) is 1. The first-order valence-electron chi connectivity index (χ1n) is 5.61. The second-order valence-corrected chi connectivity index (χ2v) is 4.74. The lowest BCUT2D eigenvalue weighted by molar-refractivity contribution is 0.590. The number of hydrogen-bond acceptors (Lipinski definition) is 1. The van der Waals surface area contributed by atoms with Gasteiger partial charge in [-0.2, -0.15) is 0 Å². The summed E-state index contributed by atoms with van der Waals surface area (Å²) in [5.41, 5.74) is 1.75. The van der Waals surface area contributed by atoms with Gasteiger partial charge in [-0.25, -0.2) is 4.39 Å². The average molecular weight is 250 g/mol. The Morgan fingerprint density at radius 1 is 1.35 bits per heavy atom. The van der Waals surface area contributed by atoms with Gasteiger partial charge in [0.2, 0.25) is 0 Å². The van der Waals surface area contributed by atoms with Gasteiger partial charge < -0.3 is 9.55 Å². The lowest BCUT2D eigenvalue weighted by Crippen LogP contribution is -2.07. The molecular formula is C13H15FN2S. The fraction of sp³-hybridized carbons (Fsp3) is 0.308. The molecule has 0 aliphatic heterocycles. The van der Waals surface area contributed by atoms with Crippen LogP contribution in [0.3, 0.4) is 0 Å². The van der Waals surface area contributed by atoms with Crippen LogP contribution < -0.4 is 0 Å². The molecule has 0 saturated heterocycles. The van der Waals surface area contributed by atoms with E-state index in [-0.39, 0.29) is 5.82 Å². The molecule has 0 atom stereocenters. The Morgan fingerprint density at radius 2 is 2.06 bits per heavy atom. The highest BCUT2D eigenvalue weighted by Crippen LogP contribution is 2.17. The smallest absolute Gasteiger partial charge is 0.177 e. The Kier molecular flexibility index (Phi) is 3.43. The maximum absolute atomic E-state index is 13.6. The van der Waals surface area contributed by atoms with Gasteiger partial charge >= 0.3 is 0 Å². The molecule has 2 aromatic rings. The monoisotopic (exact) mass is 250 g/mol. The third kappa shape index (κ3) is 2.47. The molecule has 2 nitrogen and oxygen atoms in total. The number of halogens is 1. The quantitative estimate of drug-likeness (QED) is 0.820. The molecule has 17 heavy (non-hydrogen) atoms. The van der Waals surface area contributed by atoms with Gasteiger partial charge in [0.1, 0.15) is 5.82 Å². The first-order valence-corrected chi connectivity index (χ1v) is 6.02. The van der Waals surface area contributed by atoms with Crippen molar-refractivity contribution in [2.24, 2.45) is 0 Å². The molecule has 0 unspecified atom stereocenters. The van der Waals surface area contributed by atoms with E-state index in [0.717, 1.165) is 5.69 Å². The molecule has 1 aromatic heterocycles. The maximum Gasteiger partial charge on any atom is 0.177 e. The zero-order chi connectivity index (χ0) is 12.4. The summed E-state index contributed by atoms with van der Waals surface area (Å²) in [6.45, 7) is 4.66. The van der Waals surface area contributed by atoms with Gasteiger partial charge in [-0.05, 0) is 24.2 Å².